The molecule has 0 bridgehead atoms. The van der Waals surface area contributed by atoms with Crippen molar-refractivity contribution < 1.29 is 28.2 Å². The summed E-state index contributed by atoms with van der Waals surface area (Å²) in [4.78, 5) is 26.4. The van der Waals surface area contributed by atoms with Gasteiger partial charge in [0.05, 0.1) is 12.3 Å². The quantitative estimate of drug-likeness (QED) is 0.769. The summed E-state index contributed by atoms with van der Waals surface area (Å²) in [6.07, 6.45) is 3.18. The largest absolute Gasteiger partial charge is 0.486 e. The fourth-order valence-electron chi connectivity index (χ4n) is 3.54. The molecule has 0 saturated carbocycles. The Bertz CT molecular complexity index is 858. The summed E-state index contributed by atoms with van der Waals surface area (Å²) in [6, 6.07) is 7.39. The number of benzene rings is 1. The number of nitrogens with zero attached hydrogens (tertiary/aromatic N) is 1. The van der Waals surface area contributed by atoms with Gasteiger partial charge in [0.1, 0.15) is 13.2 Å². The van der Waals surface area contributed by atoms with Crippen LogP contribution < -0.4 is 9.47 Å². The van der Waals surface area contributed by atoms with Crippen LogP contribution in [0.2, 0.25) is 0 Å². The highest BCUT2D eigenvalue weighted by Crippen LogP contribution is 2.38. The number of carbonyl (C=O) groups is 2. The molecule has 2 aromatic rings. The standard InChI is InChI=1S/C20H21NO6/c1-13-6-8-26-19(13)20(23)27-12-18(22)21-7-2-3-15(21)14-4-5-16-17(11-14)25-10-9-24-16/h4-6,8,11,15H,2-3,7,9-10,12H2,1H3. The average Bonchev–Trinajstić information content (AvgIpc) is 3.34. The highest BCUT2D eigenvalue weighted by atomic mass is 16.6. The number of hydrogen-bond acceptors (Lipinski definition) is 6. The van der Waals surface area contributed by atoms with E-state index in [9.17, 15) is 9.59 Å². The van der Waals surface area contributed by atoms with Crippen molar-refractivity contribution >= 4 is 11.9 Å². The molecule has 0 spiro atoms. The normalized spacial score (nSPS) is 18.4. The van der Waals surface area contributed by atoms with Gasteiger partial charge in [-0.15, -0.1) is 0 Å². The van der Waals surface area contributed by atoms with Crippen molar-refractivity contribution in [3.05, 3.63) is 47.4 Å². The third-order valence-electron chi connectivity index (χ3n) is 4.90. The van der Waals surface area contributed by atoms with Crippen molar-refractivity contribution in [3.63, 3.8) is 0 Å². The summed E-state index contributed by atoms with van der Waals surface area (Å²) in [7, 11) is 0. The molecule has 0 radical (unpaired) electrons. The number of furan rings is 1. The van der Waals surface area contributed by atoms with E-state index in [4.69, 9.17) is 18.6 Å². The number of amides is 1. The molecule has 1 aromatic carbocycles. The SMILES string of the molecule is Cc1ccoc1C(=O)OCC(=O)N1CCCC1c1ccc2c(c1)OCCO2. The molecule has 4 rings (SSSR count). The van der Waals surface area contributed by atoms with Crippen molar-refractivity contribution in [2.75, 3.05) is 26.4 Å². The number of aryl methyl sites for hydroxylation is 1. The van der Waals surface area contributed by atoms with E-state index in [0.29, 0.717) is 31.1 Å². The molecule has 0 N–H and O–H groups in total. The average molecular weight is 371 g/mol. The fourth-order valence-corrected chi connectivity index (χ4v) is 3.54. The molecular formula is C20H21NO6. The Labute approximate surface area is 156 Å². The van der Waals surface area contributed by atoms with Crippen LogP contribution in [-0.4, -0.2) is 43.1 Å². The van der Waals surface area contributed by atoms with Crippen LogP contribution in [0.4, 0.5) is 0 Å². The molecule has 2 aliphatic rings. The monoisotopic (exact) mass is 371 g/mol. The molecule has 2 aliphatic heterocycles. The van der Waals surface area contributed by atoms with Crippen molar-refractivity contribution in [2.45, 2.75) is 25.8 Å². The maximum Gasteiger partial charge on any atom is 0.375 e. The van der Waals surface area contributed by atoms with Gasteiger partial charge in [-0.05, 0) is 43.5 Å². The molecule has 3 heterocycles. The molecule has 1 fully saturated rings. The van der Waals surface area contributed by atoms with E-state index >= 15 is 0 Å². The molecule has 1 saturated heterocycles. The maximum absolute atomic E-state index is 12.6. The molecule has 1 atom stereocenters. The number of rotatable bonds is 4. The Hall–Kier alpha value is -2.96. The van der Waals surface area contributed by atoms with Crippen LogP contribution in [0.5, 0.6) is 11.5 Å². The number of fused-ring (bicyclic) bond motifs is 1. The molecular weight excluding hydrogens is 350 g/mol. The Morgan fingerprint density at radius 3 is 2.78 bits per heavy atom. The molecule has 142 valence electrons. The zero-order valence-corrected chi connectivity index (χ0v) is 15.1. The van der Waals surface area contributed by atoms with Gasteiger partial charge in [0.15, 0.2) is 18.1 Å². The number of hydrogen-bond donors (Lipinski definition) is 0. The van der Waals surface area contributed by atoms with Crippen LogP contribution >= 0.6 is 0 Å². The van der Waals surface area contributed by atoms with E-state index in [1.807, 2.05) is 18.2 Å². The molecule has 7 heteroatoms. The highest BCUT2D eigenvalue weighted by molar-refractivity contribution is 5.90. The minimum absolute atomic E-state index is 0.0580. The molecule has 27 heavy (non-hydrogen) atoms. The van der Waals surface area contributed by atoms with E-state index in [1.165, 1.54) is 6.26 Å². The number of ether oxygens (including phenoxy) is 3. The summed E-state index contributed by atoms with van der Waals surface area (Å²) in [5.41, 5.74) is 1.68. The van der Waals surface area contributed by atoms with Gasteiger partial charge in [-0.25, -0.2) is 4.79 Å². The van der Waals surface area contributed by atoms with Crippen molar-refractivity contribution in [3.8, 4) is 11.5 Å². The van der Waals surface area contributed by atoms with Crippen molar-refractivity contribution in [2.24, 2.45) is 0 Å². The van der Waals surface area contributed by atoms with Gasteiger partial charge in [0, 0.05) is 12.1 Å². The van der Waals surface area contributed by atoms with E-state index in [2.05, 4.69) is 0 Å². The highest BCUT2D eigenvalue weighted by Gasteiger charge is 2.31. The van der Waals surface area contributed by atoms with E-state index < -0.39 is 5.97 Å². The summed E-state index contributed by atoms with van der Waals surface area (Å²) in [6.45, 7) is 3.14. The van der Waals surface area contributed by atoms with Crippen LogP contribution in [0.3, 0.4) is 0 Å². The van der Waals surface area contributed by atoms with Crippen LogP contribution in [0, 0.1) is 6.92 Å². The fraction of sp³-hybridized carbons (Fsp3) is 0.400. The number of esters is 1. The Balaban J connectivity index is 1.42. The predicted octanol–water partition coefficient (Wildman–Crippen LogP) is 2.88. The third kappa shape index (κ3) is 3.49. The summed E-state index contributed by atoms with van der Waals surface area (Å²) >= 11 is 0. The Morgan fingerprint density at radius 1 is 1.19 bits per heavy atom. The third-order valence-corrected chi connectivity index (χ3v) is 4.90. The smallest absolute Gasteiger partial charge is 0.375 e. The molecule has 1 amide bonds. The maximum atomic E-state index is 12.6. The lowest BCUT2D eigenvalue weighted by molar-refractivity contribution is -0.135. The number of carbonyl (C=O) groups excluding carboxylic acids is 2. The second-order valence-corrected chi connectivity index (χ2v) is 6.66. The lowest BCUT2D eigenvalue weighted by atomic mass is 10.0. The van der Waals surface area contributed by atoms with E-state index in [1.54, 1.807) is 17.9 Å². The lowest BCUT2D eigenvalue weighted by Gasteiger charge is -2.26. The van der Waals surface area contributed by atoms with Crippen LogP contribution in [0.25, 0.3) is 0 Å². The van der Waals surface area contributed by atoms with Crippen LogP contribution in [0.1, 0.15) is 40.6 Å². The first-order valence-electron chi connectivity index (χ1n) is 9.04. The topological polar surface area (TPSA) is 78.2 Å². The zero-order valence-electron chi connectivity index (χ0n) is 15.1. The van der Waals surface area contributed by atoms with Gasteiger partial charge in [0.2, 0.25) is 5.76 Å². The van der Waals surface area contributed by atoms with E-state index in [-0.39, 0.29) is 24.3 Å². The minimum Gasteiger partial charge on any atom is -0.486 e. The zero-order chi connectivity index (χ0) is 18.8. The molecule has 1 aromatic heterocycles. The first kappa shape index (κ1) is 17.5. The lowest BCUT2D eigenvalue weighted by Crippen LogP contribution is -2.34. The Kier molecular flexibility index (Phi) is 4.75. The Morgan fingerprint density at radius 2 is 2.00 bits per heavy atom. The van der Waals surface area contributed by atoms with Gasteiger partial charge < -0.3 is 23.5 Å². The second-order valence-electron chi connectivity index (χ2n) is 6.66. The van der Waals surface area contributed by atoms with Gasteiger partial charge in [-0.3, -0.25) is 4.79 Å². The summed E-state index contributed by atoms with van der Waals surface area (Å²) < 4.78 is 21.4. The summed E-state index contributed by atoms with van der Waals surface area (Å²) in [5, 5.41) is 0. The van der Waals surface area contributed by atoms with E-state index in [0.717, 1.165) is 24.2 Å². The second kappa shape index (κ2) is 7.34. The first-order valence-corrected chi connectivity index (χ1v) is 9.04. The molecule has 7 nitrogen and oxygen atoms in total. The van der Waals surface area contributed by atoms with Crippen molar-refractivity contribution in [1.82, 2.24) is 4.90 Å². The van der Waals surface area contributed by atoms with Crippen LogP contribution in [-0.2, 0) is 9.53 Å². The first-order chi connectivity index (χ1) is 13.1. The van der Waals surface area contributed by atoms with Crippen molar-refractivity contribution in [1.29, 1.82) is 0 Å². The predicted molar refractivity (Wildman–Crippen MR) is 94.8 cm³/mol. The van der Waals surface area contributed by atoms with Gasteiger partial charge >= 0.3 is 5.97 Å². The molecule has 1 unspecified atom stereocenters. The minimum atomic E-state index is -0.624. The number of likely N-dealkylation sites (tertiary alicyclic amines) is 1. The molecule has 0 aliphatic carbocycles. The van der Waals surface area contributed by atoms with Gasteiger partial charge in [-0.2, -0.15) is 0 Å². The summed E-state index contributed by atoms with van der Waals surface area (Å²) in [5.74, 6) is 0.722. The van der Waals surface area contributed by atoms with Gasteiger partial charge in [-0.1, -0.05) is 6.07 Å². The van der Waals surface area contributed by atoms with Gasteiger partial charge in [0.25, 0.3) is 5.91 Å². The van der Waals surface area contributed by atoms with Crippen LogP contribution in [0.15, 0.2) is 34.9 Å².